The zero-order chi connectivity index (χ0) is 24.2. The van der Waals surface area contributed by atoms with Gasteiger partial charge in [-0.2, -0.15) is 5.10 Å². The van der Waals surface area contributed by atoms with Crippen LogP contribution in [0, 0.1) is 0 Å². The fourth-order valence-electron chi connectivity index (χ4n) is 4.63. The normalized spacial score (nSPS) is 13.7. The molecule has 1 aromatic carbocycles. The van der Waals surface area contributed by atoms with Crippen LogP contribution in [0.4, 0.5) is 5.82 Å². The molecule has 0 spiro atoms. The number of benzene rings is 1. The second-order valence-electron chi connectivity index (χ2n) is 8.94. The van der Waals surface area contributed by atoms with Gasteiger partial charge in [0.05, 0.1) is 25.1 Å². The van der Waals surface area contributed by atoms with Gasteiger partial charge in [-0.25, -0.2) is 9.97 Å². The van der Waals surface area contributed by atoms with Crippen LogP contribution in [-0.2, 0) is 24.1 Å². The third-order valence-electron chi connectivity index (χ3n) is 6.48. The molecule has 5 rings (SSSR count). The Morgan fingerprint density at radius 2 is 2.11 bits per heavy atom. The molecule has 0 fully saturated rings. The molecule has 1 atom stereocenters. The molecule has 8 heteroatoms. The van der Waals surface area contributed by atoms with Crippen LogP contribution in [-0.4, -0.2) is 44.5 Å². The second kappa shape index (κ2) is 10.1. The van der Waals surface area contributed by atoms with Gasteiger partial charge < -0.3 is 15.2 Å². The average molecular weight is 472 g/mol. The highest BCUT2D eigenvalue weighted by molar-refractivity contribution is 5.79. The van der Waals surface area contributed by atoms with E-state index in [0.29, 0.717) is 5.88 Å². The molecule has 3 aromatic heterocycles. The van der Waals surface area contributed by atoms with Crippen molar-refractivity contribution in [1.29, 1.82) is 0 Å². The van der Waals surface area contributed by atoms with Crippen LogP contribution in [0.2, 0.25) is 0 Å². The van der Waals surface area contributed by atoms with E-state index in [0.717, 1.165) is 60.2 Å². The molecule has 4 heterocycles. The van der Waals surface area contributed by atoms with Gasteiger partial charge in [-0.1, -0.05) is 12.1 Å². The summed E-state index contributed by atoms with van der Waals surface area (Å²) in [6, 6.07) is 13.7. The van der Waals surface area contributed by atoms with E-state index in [2.05, 4.69) is 39.7 Å². The lowest BCUT2D eigenvalue weighted by molar-refractivity contribution is -0.137. The van der Waals surface area contributed by atoms with Gasteiger partial charge >= 0.3 is 5.97 Å². The first kappa shape index (κ1) is 22.8. The van der Waals surface area contributed by atoms with Crippen LogP contribution < -0.4 is 10.1 Å². The number of anilines is 1. The number of fused-ring (bicyclic) bond motifs is 2. The lowest BCUT2D eigenvalue weighted by Gasteiger charge is -2.17. The molecule has 1 aliphatic rings. The molecule has 0 saturated heterocycles. The van der Waals surface area contributed by atoms with Gasteiger partial charge in [0.15, 0.2) is 0 Å². The highest BCUT2D eigenvalue weighted by Gasteiger charge is 2.20. The lowest BCUT2D eigenvalue weighted by Crippen LogP contribution is -2.16. The Bertz CT molecular complexity index is 1330. The first-order chi connectivity index (χ1) is 17.1. The van der Waals surface area contributed by atoms with Crippen molar-refractivity contribution in [2.45, 2.75) is 44.6 Å². The van der Waals surface area contributed by atoms with Crippen LogP contribution in [0.15, 0.2) is 54.9 Å². The van der Waals surface area contributed by atoms with Gasteiger partial charge in [-0.05, 0) is 73.1 Å². The molecule has 4 aromatic rings. The number of nitrogens with zero attached hydrogens (tertiary/aromatic N) is 4. The fourth-order valence-corrected chi connectivity index (χ4v) is 4.63. The van der Waals surface area contributed by atoms with Crippen LogP contribution in [0.3, 0.4) is 0 Å². The molecule has 0 saturated carbocycles. The Kier molecular flexibility index (Phi) is 6.61. The van der Waals surface area contributed by atoms with Crippen molar-refractivity contribution < 1.29 is 14.6 Å². The van der Waals surface area contributed by atoms with E-state index in [1.165, 1.54) is 17.5 Å². The zero-order valence-corrected chi connectivity index (χ0v) is 19.8. The van der Waals surface area contributed by atoms with Crippen molar-refractivity contribution in [1.82, 2.24) is 19.7 Å². The molecule has 8 nitrogen and oxygen atoms in total. The summed E-state index contributed by atoms with van der Waals surface area (Å²) in [7, 11) is 1.55. The van der Waals surface area contributed by atoms with Crippen molar-refractivity contribution in [3.63, 3.8) is 0 Å². The number of carbonyl (C=O) groups is 1. The molecule has 180 valence electrons. The van der Waals surface area contributed by atoms with Gasteiger partial charge in [-0.15, -0.1) is 0 Å². The average Bonchev–Trinajstić information content (AvgIpc) is 3.30. The smallest absolute Gasteiger partial charge is 0.305 e. The Morgan fingerprint density at radius 3 is 2.91 bits per heavy atom. The van der Waals surface area contributed by atoms with E-state index in [9.17, 15) is 9.90 Å². The lowest BCUT2D eigenvalue weighted by atomic mass is 10.0. The Morgan fingerprint density at radius 1 is 1.20 bits per heavy atom. The molecular weight excluding hydrogens is 442 g/mol. The van der Waals surface area contributed by atoms with Gasteiger partial charge in [0.1, 0.15) is 5.82 Å². The first-order valence-corrected chi connectivity index (χ1v) is 12.0. The maximum Gasteiger partial charge on any atom is 0.305 e. The van der Waals surface area contributed by atoms with E-state index in [1.54, 1.807) is 24.1 Å². The van der Waals surface area contributed by atoms with Crippen LogP contribution in [0.25, 0.3) is 10.9 Å². The predicted octanol–water partition coefficient (Wildman–Crippen LogP) is 4.43. The molecule has 0 aliphatic carbocycles. The number of ether oxygens (including phenoxy) is 1. The van der Waals surface area contributed by atoms with E-state index in [1.807, 2.05) is 18.3 Å². The van der Waals surface area contributed by atoms with Gasteiger partial charge in [-0.3, -0.25) is 9.48 Å². The number of carboxylic acids is 1. The number of carboxylic acid groups (broad SMARTS) is 1. The van der Waals surface area contributed by atoms with Crippen LogP contribution in [0.5, 0.6) is 5.88 Å². The second-order valence-corrected chi connectivity index (χ2v) is 8.94. The minimum Gasteiger partial charge on any atom is -0.481 e. The minimum atomic E-state index is -0.892. The number of rotatable bonds is 9. The first-order valence-electron chi connectivity index (χ1n) is 12.0. The highest BCUT2D eigenvalue weighted by atomic mass is 16.5. The van der Waals surface area contributed by atoms with Gasteiger partial charge in [0.25, 0.3) is 0 Å². The van der Waals surface area contributed by atoms with Crippen molar-refractivity contribution >= 4 is 22.7 Å². The van der Waals surface area contributed by atoms with E-state index in [4.69, 9.17) is 9.72 Å². The number of methoxy groups -OCH3 is 1. The quantitative estimate of drug-likeness (QED) is 0.372. The van der Waals surface area contributed by atoms with Crippen molar-refractivity contribution in [3.05, 3.63) is 77.2 Å². The van der Waals surface area contributed by atoms with Gasteiger partial charge in [0, 0.05) is 36.1 Å². The molecule has 1 aliphatic heterocycles. The molecule has 0 amide bonds. The summed E-state index contributed by atoms with van der Waals surface area (Å²) >= 11 is 0. The van der Waals surface area contributed by atoms with Crippen molar-refractivity contribution in [3.8, 4) is 5.88 Å². The third kappa shape index (κ3) is 5.26. The summed E-state index contributed by atoms with van der Waals surface area (Å²) < 4.78 is 6.86. The number of aliphatic carboxylic acids is 1. The number of hydrogen-bond acceptors (Lipinski definition) is 6. The molecule has 1 unspecified atom stereocenters. The minimum absolute atomic E-state index is 0.0858. The largest absolute Gasteiger partial charge is 0.481 e. The zero-order valence-electron chi connectivity index (χ0n) is 19.8. The van der Waals surface area contributed by atoms with Gasteiger partial charge in [0.2, 0.25) is 5.88 Å². The topological polar surface area (TPSA) is 102 Å². The molecule has 0 bridgehead atoms. The van der Waals surface area contributed by atoms with Crippen molar-refractivity contribution in [2.24, 2.45) is 0 Å². The molecule has 35 heavy (non-hydrogen) atoms. The van der Waals surface area contributed by atoms with E-state index in [-0.39, 0.29) is 6.42 Å². The highest BCUT2D eigenvalue weighted by Crippen LogP contribution is 2.26. The summed E-state index contributed by atoms with van der Waals surface area (Å²) in [4.78, 5) is 20.6. The fraction of sp³-hybridized carbons (Fsp3) is 0.333. The van der Waals surface area contributed by atoms with E-state index < -0.39 is 12.0 Å². The number of nitrogens with one attached hydrogen (secondary N) is 1. The monoisotopic (exact) mass is 471 g/mol. The SMILES string of the molecule is COc1ccc(C(CC(=O)O)n2cc3cc(CCCc4ccc5c(n4)NCCC5)ccc3n2)cn1. The van der Waals surface area contributed by atoms with E-state index >= 15 is 0 Å². The maximum atomic E-state index is 11.6. The maximum absolute atomic E-state index is 11.6. The number of aryl methyl sites for hydroxylation is 3. The predicted molar refractivity (Wildman–Crippen MR) is 134 cm³/mol. The summed E-state index contributed by atoms with van der Waals surface area (Å²) in [5.41, 5.74) is 5.28. The summed E-state index contributed by atoms with van der Waals surface area (Å²) in [5, 5.41) is 18.6. The number of hydrogen-bond donors (Lipinski definition) is 2. The number of aromatic nitrogens is 4. The Hall–Kier alpha value is -3.94. The number of pyridine rings is 2. The van der Waals surface area contributed by atoms with Crippen LogP contribution >= 0.6 is 0 Å². The summed E-state index contributed by atoms with van der Waals surface area (Å²) in [5.74, 6) is 0.641. The summed E-state index contributed by atoms with van der Waals surface area (Å²) in [6.07, 6.45) is 8.63. The molecular formula is C27H29N5O3. The summed E-state index contributed by atoms with van der Waals surface area (Å²) in [6.45, 7) is 0.999. The standard InChI is InChI=1S/C27H29N5O3/c1-35-25-12-9-20(16-29-25)24(15-26(33)34)32-17-21-14-18(7-11-23(21)31-32)4-2-6-22-10-8-19-5-3-13-28-27(19)30-22/h7-12,14,16-17,24H,2-6,13,15H2,1H3,(H,28,30)(H,33,34). The van der Waals surface area contributed by atoms with Crippen LogP contribution in [0.1, 0.15) is 47.7 Å². The Balaban J connectivity index is 1.29. The Labute approximate surface area is 204 Å². The molecule has 2 N–H and O–H groups in total. The third-order valence-corrected chi connectivity index (χ3v) is 6.48. The molecule has 0 radical (unpaired) electrons. The van der Waals surface area contributed by atoms with Crippen molar-refractivity contribution in [2.75, 3.05) is 19.0 Å².